The fourth-order valence-electron chi connectivity index (χ4n) is 6.41. The Labute approximate surface area is 208 Å². The Morgan fingerprint density at radius 3 is 2.89 bits per heavy atom. The number of rotatable bonds is 3. The molecule has 2 aromatic heterocycles. The predicted octanol–water partition coefficient (Wildman–Crippen LogP) is 4.47. The minimum atomic E-state index is -0.457. The van der Waals surface area contributed by atoms with Crippen LogP contribution in [0.2, 0.25) is 0 Å². The number of halogens is 2. The number of nitrogens with zero attached hydrogens (tertiary/aromatic N) is 5. The number of nitrogens with one attached hydrogen (secondary N) is 1. The molecule has 1 aromatic carbocycles. The molecule has 6 rings (SSSR count). The molecule has 8 nitrogen and oxygen atoms in total. The number of amides is 2. The van der Waals surface area contributed by atoms with Crippen molar-refractivity contribution in [2.24, 2.45) is 11.1 Å². The van der Waals surface area contributed by atoms with Gasteiger partial charge in [0.05, 0.1) is 12.2 Å². The van der Waals surface area contributed by atoms with Gasteiger partial charge in [-0.25, -0.2) is 23.1 Å². The highest BCUT2D eigenvalue weighted by molar-refractivity contribution is 5.93. The molecule has 3 fully saturated rings. The minimum Gasteiger partial charge on any atom is -0.349 e. The van der Waals surface area contributed by atoms with Crippen molar-refractivity contribution in [3.8, 4) is 0 Å². The van der Waals surface area contributed by atoms with E-state index in [9.17, 15) is 13.6 Å². The van der Waals surface area contributed by atoms with Crippen molar-refractivity contribution in [3.63, 3.8) is 0 Å². The molecule has 0 bridgehead atoms. The number of hydrogen-bond donors (Lipinski definition) is 2. The Balaban J connectivity index is 1.22. The van der Waals surface area contributed by atoms with Crippen molar-refractivity contribution < 1.29 is 13.6 Å². The van der Waals surface area contributed by atoms with Gasteiger partial charge in [-0.15, -0.1) is 0 Å². The number of carbonyl (C=O) groups is 1. The first-order valence-corrected chi connectivity index (χ1v) is 12.8. The molecular weight excluding hydrogens is 464 g/mol. The monoisotopic (exact) mass is 495 g/mol. The second kappa shape index (κ2) is 8.99. The molecule has 1 spiro atoms. The molecule has 10 heteroatoms. The molecule has 2 amide bonds. The van der Waals surface area contributed by atoms with E-state index in [1.165, 1.54) is 12.1 Å². The van der Waals surface area contributed by atoms with Crippen LogP contribution in [0.1, 0.15) is 56.6 Å². The van der Waals surface area contributed by atoms with E-state index < -0.39 is 11.6 Å². The standard InChI is InChI=1S/C26H31F2N7O/c27-17-5-6-20(28)19(13-17)22-4-2-10-34(22)23-7-11-35-24(32-23)21(15-30-35)31-25(36)33-12-9-26(16-33)8-1-3-18(29)14-26/h5-7,11,13,15,18,22H,1-4,8-10,12,14,16,29H2,(H,31,36)/t18?,22-,26?/m1/s1. The van der Waals surface area contributed by atoms with E-state index in [4.69, 9.17) is 10.7 Å². The smallest absolute Gasteiger partial charge is 0.322 e. The molecule has 3 aromatic rings. The molecule has 1 saturated carbocycles. The van der Waals surface area contributed by atoms with Gasteiger partial charge >= 0.3 is 6.03 Å². The Morgan fingerprint density at radius 2 is 2.03 bits per heavy atom. The van der Waals surface area contributed by atoms with Crippen LogP contribution in [-0.4, -0.2) is 51.2 Å². The average molecular weight is 496 g/mol. The van der Waals surface area contributed by atoms with Gasteiger partial charge in [0, 0.05) is 37.4 Å². The van der Waals surface area contributed by atoms with Crippen molar-refractivity contribution >= 4 is 23.2 Å². The van der Waals surface area contributed by atoms with E-state index >= 15 is 0 Å². The van der Waals surface area contributed by atoms with Crippen LogP contribution in [-0.2, 0) is 0 Å². The van der Waals surface area contributed by atoms with Crippen LogP contribution in [0, 0.1) is 17.0 Å². The molecule has 0 radical (unpaired) electrons. The third kappa shape index (κ3) is 4.17. The van der Waals surface area contributed by atoms with Crippen LogP contribution in [0.3, 0.4) is 0 Å². The van der Waals surface area contributed by atoms with Crippen molar-refractivity contribution in [1.82, 2.24) is 19.5 Å². The molecule has 1 aliphatic carbocycles. The van der Waals surface area contributed by atoms with E-state index in [0.717, 1.165) is 51.1 Å². The number of aromatic nitrogens is 3. The Kier molecular flexibility index (Phi) is 5.78. The van der Waals surface area contributed by atoms with E-state index in [1.54, 1.807) is 16.9 Å². The van der Waals surface area contributed by atoms with E-state index in [2.05, 4.69) is 10.4 Å². The lowest BCUT2D eigenvalue weighted by atomic mass is 9.72. The van der Waals surface area contributed by atoms with Crippen molar-refractivity contribution in [2.75, 3.05) is 29.9 Å². The molecule has 2 saturated heterocycles. The summed E-state index contributed by atoms with van der Waals surface area (Å²) in [4.78, 5) is 21.8. The molecular formula is C26H31F2N7O. The SMILES string of the molecule is NC1CCCC2(CCN(C(=O)Nc3cnn4ccc(N5CCC[C@@H]5c5cc(F)ccc5F)nc34)C2)C1. The van der Waals surface area contributed by atoms with Gasteiger partial charge < -0.3 is 20.9 Å². The number of likely N-dealkylation sites (tertiary alicyclic amines) is 1. The van der Waals surface area contributed by atoms with Crippen LogP contribution >= 0.6 is 0 Å². The first-order chi connectivity index (χ1) is 17.4. The summed E-state index contributed by atoms with van der Waals surface area (Å²) in [6.45, 7) is 2.11. The number of benzene rings is 1. The maximum atomic E-state index is 14.5. The van der Waals surface area contributed by atoms with E-state index in [0.29, 0.717) is 42.2 Å². The summed E-state index contributed by atoms with van der Waals surface area (Å²) in [6.07, 6.45) is 10.2. The molecule has 3 N–H and O–H groups in total. The summed E-state index contributed by atoms with van der Waals surface area (Å²) in [5.74, 6) is -0.240. The number of carbonyl (C=O) groups excluding carboxylic acids is 1. The highest BCUT2D eigenvalue weighted by Crippen LogP contribution is 2.43. The minimum absolute atomic E-state index is 0.137. The van der Waals surface area contributed by atoms with E-state index in [-0.39, 0.29) is 23.5 Å². The first-order valence-electron chi connectivity index (χ1n) is 12.8. The molecule has 3 aliphatic rings. The van der Waals surface area contributed by atoms with Gasteiger partial charge in [-0.05, 0) is 68.2 Å². The molecule has 36 heavy (non-hydrogen) atoms. The van der Waals surface area contributed by atoms with Crippen molar-refractivity contribution in [3.05, 3.63) is 53.9 Å². The fraction of sp³-hybridized carbons (Fsp3) is 0.500. The zero-order chi connectivity index (χ0) is 24.9. The van der Waals surface area contributed by atoms with Crippen LogP contribution in [0.5, 0.6) is 0 Å². The molecule has 2 aliphatic heterocycles. The van der Waals surface area contributed by atoms with Crippen LogP contribution < -0.4 is 16.0 Å². The molecule has 4 heterocycles. The summed E-state index contributed by atoms with van der Waals surface area (Å²) in [5.41, 5.74) is 7.74. The van der Waals surface area contributed by atoms with Gasteiger partial charge in [0.2, 0.25) is 0 Å². The van der Waals surface area contributed by atoms with Crippen molar-refractivity contribution in [1.29, 1.82) is 0 Å². The van der Waals surface area contributed by atoms with Crippen LogP contribution in [0.25, 0.3) is 5.65 Å². The van der Waals surface area contributed by atoms with E-state index in [1.807, 2.05) is 15.9 Å². The van der Waals surface area contributed by atoms with Gasteiger partial charge in [0.25, 0.3) is 0 Å². The van der Waals surface area contributed by atoms with Gasteiger partial charge in [-0.2, -0.15) is 5.10 Å². The lowest BCUT2D eigenvalue weighted by Crippen LogP contribution is -2.40. The Morgan fingerprint density at radius 1 is 1.14 bits per heavy atom. The van der Waals surface area contributed by atoms with Crippen LogP contribution in [0.4, 0.5) is 25.1 Å². The van der Waals surface area contributed by atoms with Gasteiger partial charge in [0.1, 0.15) is 23.1 Å². The lowest BCUT2D eigenvalue weighted by Gasteiger charge is -2.36. The lowest BCUT2D eigenvalue weighted by molar-refractivity contribution is 0.172. The summed E-state index contributed by atoms with van der Waals surface area (Å²) in [6, 6.07) is 5.15. The fourth-order valence-corrected chi connectivity index (χ4v) is 6.41. The molecule has 2 unspecified atom stereocenters. The molecule has 190 valence electrons. The summed E-state index contributed by atoms with van der Waals surface area (Å²) >= 11 is 0. The topological polar surface area (TPSA) is 91.8 Å². The average Bonchev–Trinajstić information content (AvgIpc) is 3.60. The maximum absolute atomic E-state index is 14.5. The van der Waals surface area contributed by atoms with Gasteiger partial charge in [-0.1, -0.05) is 6.42 Å². The van der Waals surface area contributed by atoms with Gasteiger partial charge in [0.15, 0.2) is 5.65 Å². The largest absolute Gasteiger partial charge is 0.349 e. The second-order valence-corrected chi connectivity index (χ2v) is 10.6. The number of fused-ring (bicyclic) bond motifs is 1. The second-order valence-electron chi connectivity index (χ2n) is 10.6. The number of hydrogen-bond acceptors (Lipinski definition) is 5. The third-order valence-electron chi connectivity index (χ3n) is 8.16. The Bertz CT molecular complexity index is 1300. The first kappa shape index (κ1) is 23.1. The number of nitrogens with two attached hydrogens (primary N) is 1. The normalized spacial score (nSPS) is 26.3. The zero-order valence-electron chi connectivity index (χ0n) is 20.2. The van der Waals surface area contributed by atoms with Gasteiger partial charge in [-0.3, -0.25) is 0 Å². The quantitative estimate of drug-likeness (QED) is 0.559. The number of urea groups is 1. The maximum Gasteiger partial charge on any atom is 0.322 e. The third-order valence-corrected chi connectivity index (χ3v) is 8.16. The Hall–Kier alpha value is -3.27. The molecule has 3 atom stereocenters. The summed E-state index contributed by atoms with van der Waals surface area (Å²) < 4.78 is 30.0. The zero-order valence-corrected chi connectivity index (χ0v) is 20.2. The summed E-state index contributed by atoms with van der Waals surface area (Å²) in [5, 5.41) is 7.34. The van der Waals surface area contributed by atoms with Crippen LogP contribution in [0.15, 0.2) is 36.7 Å². The predicted molar refractivity (Wildman–Crippen MR) is 133 cm³/mol. The highest BCUT2D eigenvalue weighted by Gasteiger charge is 2.42. The number of anilines is 2. The summed E-state index contributed by atoms with van der Waals surface area (Å²) in [7, 11) is 0. The highest BCUT2D eigenvalue weighted by atomic mass is 19.1. The van der Waals surface area contributed by atoms with Crippen molar-refractivity contribution in [2.45, 2.75) is 57.0 Å².